The number of alkyl carbamates (subject to hydrolysis) is 1. The molecule has 1 N–H and O–H groups in total. The predicted octanol–water partition coefficient (Wildman–Crippen LogP) is 2.86. The van der Waals surface area contributed by atoms with Gasteiger partial charge in [0.25, 0.3) is 0 Å². The van der Waals surface area contributed by atoms with E-state index < -0.39 is 17.7 Å². The molecule has 2 fully saturated rings. The lowest BCUT2D eigenvalue weighted by Gasteiger charge is -2.35. The van der Waals surface area contributed by atoms with Crippen molar-refractivity contribution in [1.82, 2.24) is 15.1 Å². The van der Waals surface area contributed by atoms with Gasteiger partial charge in [0.15, 0.2) is 5.78 Å². The van der Waals surface area contributed by atoms with Gasteiger partial charge in [0, 0.05) is 37.3 Å². The molecule has 2 heterocycles. The Balaban J connectivity index is 1.38. The zero-order valence-electron chi connectivity index (χ0n) is 19.7. The first-order valence-electron chi connectivity index (χ1n) is 11.3. The molecule has 2 saturated heterocycles. The van der Waals surface area contributed by atoms with Crippen LogP contribution in [0.25, 0.3) is 0 Å². The number of nitrogens with zero attached hydrogens (tertiary/aromatic N) is 2. The van der Waals surface area contributed by atoms with Crippen molar-refractivity contribution >= 4 is 17.8 Å². The van der Waals surface area contributed by atoms with E-state index in [-0.39, 0.29) is 17.7 Å². The van der Waals surface area contributed by atoms with Gasteiger partial charge >= 0.3 is 6.09 Å². The fourth-order valence-corrected chi connectivity index (χ4v) is 4.33. The molecular formula is C24H35N3O5. The van der Waals surface area contributed by atoms with Crippen LogP contribution in [0.3, 0.4) is 0 Å². The number of benzene rings is 1. The molecule has 2 aliphatic heterocycles. The summed E-state index contributed by atoms with van der Waals surface area (Å²) in [6.45, 7) is 11.7. The van der Waals surface area contributed by atoms with E-state index in [2.05, 4.69) is 10.2 Å². The zero-order valence-corrected chi connectivity index (χ0v) is 19.7. The van der Waals surface area contributed by atoms with Crippen LogP contribution >= 0.6 is 0 Å². The summed E-state index contributed by atoms with van der Waals surface area (Å²) in [5, 5.41) is 2.65. The molecule has 0 radical (unpaired) electrons. The first-order chi connectivity index (χ1) is 15.0. The Bertz CT molecular complexity index is 833. The van der Waals surface area contributed by atoms with Crippen molar-refractivity contribution in [3.8, 4) is 5.75 Å². The van der Waals surface area contributed by atoms with Gasteiger partial charge in [0.1, 0.15) is 17.4 Å². The van der Waals surface area contributed by atoms with Crippen molar-refractivity contribution in [3.05, 3.63) is 29.8 Å². The number of carbonyl (C=O) groups excluding carboxylic acids is 3. The summed E-state index contributed by atoms with van der Waals surface area (Å²) in [5.74, 6) is 0.754. The monoisotopic (exact) mass is 445 g/mol. The Hall–Kier alpha value is -2.61. The lowest BCUT2D eigenvalue weighted by atomic mass is 10.1. The van der Waals surface area contributed by atoms with Crippen LogP contribution in [0, 0.1) is 0 Å². The molecule has 0 unspecified atom stereocenters. The van der Waals surface area contributed by atoms with Crippen molar-refractivity contribution in [2.24, 2.45) is 0 Å². The van der Waals surface area contributed by atoms with E-state index in [1.165, 1.54) is 0 Å². The number of carbonyl (C=O) groups is 3. The third-order valence-corrected chi connectivity index (χ3v) is 5.86. The van der Waals surface area contributed by atoms with Gasteiger partial charge in [0.05, 0.1) is 6.61 Å². The highest BCUT2D eigenvalue weighted by molar-refractivity contribution is 5.94. The van der Waals surface area contributed by atoms with Crippen molar-refractivity contribution in [2.45, 2.75) is 71.2 Å². The fraction of sp³-hybridized carbons (Fsp3) is 0.625. The Labute approximate surface area is 190 Å². The van der Waals surface area contributed by atoms with Crippen molar-refractivity contribution < 1.29 is 23.9 Å². The topological polar surface area (TPSA) is 88.2 Å². The van der Waals surface area contributed by atoms with Crippen LogP contribution in [0.5, 0.6) is 5.75 Å². The van der Waals surface area contributed by atoms with E-state index in [0.29, 0.717) is 24.8 Å². The molecule has 1 aromatic rings. The smallest absolute Gasteiger partial charge is 0.408 e. The molecule has 8 heteroatoms. The normalized spacial score (nSPS) is 21.3. The number of rotatable bonds is 8. The van der Waals surface area contributed by atoms with Crippen LogP contribution in [0.1, 0.15) is 57.8 Å². The van der Waals surface area contributed by atoms with Gasteiger partial charge in [-0.25, -0.2) is 4.79 Å². The van der Waals surface area contributed by atoms with Gasteiger partial charge in [-0.15, -0.1) is 0 Å². The Morgan fingerprint density at radius 1 is 1.12 bits per heavy atom. The van der Waals surface area contributed by atoms with Gasteiger partial charge in [-0.1, -0.05) is 0 Å². The first-order valence-corrected chi connectivity index (χ1v) is 11.3. The van der Waals surface area contributed by atoms with E-state index >= 15 is 0 Å². The van der Waals surface area contributed by atoms with Gasteiger partial charge in [0.2, 0.25) is 5.91 Å². The highest BCUT2D eigenvalue weighted by atomic mass is 16.6. The standard InChI is InChI=1S/C24H35N3O5/c1-16(25-23(30)32-24(3,4)5)22(29)27-15-19-13-20(27)14-26(19)11-6-12-31-21-9-7-18(8-10-21)17(2)28/h7-10,16,19-20H,6,11-15H2,1-5H3,(H,25,30)/t16-,19-,20-/m1/s1. The molecule has 0 saturated carbocycles. The van der Waals surface area contributed by atoms with E-state index in [0.717, 1.165) is 31.7 Å². The van der Waals surface area contributed by atoms with Crippen molar-refractivity contribution in [2.75, 3.05) is 26.2 Å². The summed E-state index contributed by atoms with van der Waals surface area (Å²) < 4.78 is 11.0. The van der Waals surface area contributed by atoms with Gasteiger partial charge in [-0.2, -0.15) is 0 Å². The molecular weight excluding hydrogens is 410 g/mol. The molecule has 2 amide bonds. The number of nitrogens with one attached hydrogen (secondary N) is 1. The average molecular weight is 446 g/mol. The molecule has 0 aliphatic carbocycles. The SMILES string of the molecule is CC(=O)c1ccc(OCCCN2C[C@H]3C[C@@H]2CN3C(=O)[C@@H](C)NC(=O)OC(C)(C)C)cc1. The van der Waals surface area contributed by atoms with E-state index in [1.807, 2.05) is 17.0 Å². The molecule has 0 aromatic heterocycles. The molecule has 2 aliphatic rings. The second kappa shape index (κ2) is 9.90. The summed E-state index contributed by atoms with van der Waals surface area (Å²) in [6, 6.07) is 7.14. The number of amides is 2. The molecule has 1 aromatic carbocycles. The summed E-state index contributed by atoms with van der Waals surface area (Å²) in [7, 11) is 0. The Morgan fingerprint density at radius 3 is 2.38 bits per heavy atom. The quantitative estimate of drug-likeness (QED) is 0.489. The van der Waals surface area contributed by atoms with Crippen LogP contribution in [0.2, 0.25) is 0 Å². The van der Waals surface area contributed by atoms with E-state index in [1.54, 1.807) is 46.8 Å². The number of fused-ring (bicyclic) bond motifs is 2. The van der Waals surface area contributed by atoms with Crippen molar-refractivity contribution in [3.63, 3.8) is 0 Å². The largest absolute Gasteiger partial charge is 0.494 e. The number of ketones is 1. The van der Waals surface area contributed by atoms with Crippen molar-refractivity contribution in [1.29, 1.82) is 0 Å². The molecule has 0 spiro atoms. The average Bonchev–Trinajstić information content (AvgIpc) is 3.30. The number of hydrogen-bond acceptors (Lipinski definition) is 6. The highest BCUT2D eigenvalue weighted by Gasteiger charge is 2.45. The molecule has 32 heavy (non-hydrogen) atoms. The van der Waals surface area contributed by atoms with Gasteiger partial charge in [-0.05, 0) is 71.7 Å². The minimum Gasteiger partial charge on any atom is -0.494 e. The maximum Gasteiger partial charge on any atom is 0.408 e. The molecule has 3 atom stereocenters. The zero-order chi connectivity index (χ0) is 23.5. The highest BCUT2D eigenvalue weighted by Crippen LogP contribution is 2.31. The maximum atomic E-state index is 12.8. The molecule has 8 nitrogen and oxygen atoms in total. The minimum absolute atomic E-state index is 0.0446. The van der Waals surface area contributed by atoms with Gasteiger partial charge in [-0.3, -0.25) is 14.5 Å². The second-order valence-corrected chi connectivity index (χ2v) is 9.68. The molecule has 176 valence electrons. The number of piperazine rings is 1. The molecule has 2 bridgehead atoms. The predicted molar refractivity (Wildman–Crippen MR) is 121 cm³/mol. The van der Waals surface area contributed by atoms with Crippen LogP contribution in [-0.4, -0.2) is 77.6 Å². The third-order valence-electron chi connectivity index (χ3n) is 5.86. The minimum atomic E-state index is -0.611. The van der Waals surface area contributed by atoms with E-state index in [4.69, 9.17) is 9.47 Å². The maximum absolute atomic E-state index is 12.8. The number of likely N-dealkylation sites (tertiary alicyclic amines) is 2. The molecule has 3 rings (SSSR count). The van der Waals surface area contributed by atoms with Crippen LogP contribution < -0.4 is 10.1 Å². The summed E-state index contributed by atoms with van der Waals surface area (Å²) >= 11 is 0. The summed E-state index contributed by atoms with van der Waals surface area (Å²) in [5.41, 5.74) is 0.0852. The number of ether oxygens (including phenoxy) is 2. The van der Waals surface area contributed by atoms with E-state index in [9.17, 15) is 14.4 Å². The first kappa shape index (κ1) is 24.0. The van der Waals surface area contributed by atoms with Crippen LogP contribution in [-0.2, 0) is 9.53 Å². The lowest BCUT2D eigenvalue weighted by Crippen LogP contribution is -2.54. The number of hydrogen-bond donors (Lipinski definition) is 1. The van der Waals surface area contributed by atoms with Crippen LogP contribution in [0.15, 0.2) is 24.3 Å². The number of Topliss-reactive ketones (excluding diaryl/α,β-unsaturated/α-hetero) is 1. The van der Waals surface area contributed by atoms with Crippen LogP contribution in [0.4, 0.5) is 4.79 Å². The second-order valence-electron chi connectivity index (χ2n) is 9.68. The Kier molecular flexibility index (Phi) is 7.44. The Morgan fingerprint density at radius 2 is 1.81 bits per heavy atom. The summed E-state index contributed by atoms with van der Waals surface area (Å²) in [6.07, 6.45) is 1.29. The van der Waals surface area contributed by atoms with Gasteiger partial charge < -0.3 is 19.7 Å². The lowest BCUT2D eigenvalue weighted by molar-refractivity contribution is -0.135. The summed E-state index contributed by atoms with van der Waals surface area (Å²) in [4.78, 5) is 40.4. The fourth-order valence-electron chi connectivity index (χ4n) is 4.33. The third kappa shape index (κ3) is 6.22.